The van der Waals surface area contributed by atoms with E-state index in [4.69, 9.17) is 5.11 Å². The molecular weight excluding hydrogens is 294 g/mol. The molecule has 0 aliphatic carbocycles. The minimum atomic E-state index is -0.719. The van der Waals surface area contributed by atoms with E-state index in [1.54, 1.807) is 0 Å². The van der Waals surface area contributed by atoms with Gasteiger partial charge in [0.15, 0.2) is 0 Å². The molecule has 1 N–H and O–H groups in total. The average Bonchev–Trinajstić information content (AvgIpc) is 2.27. The van der Waals surface area contributed by atoms with Crippen LogP contribution in [0.2, 0.25) is 0 Å². The van der Waals surface area contributed by atoms with Gasteiger partial charge in [-0.2, -0.15) is 0 Å². The van der Waals surface area contributed by atoms with Gasteiger partial charge in [-0.25, -0.2) is 0 Å². The summed E-state index contributed by atoms with van der Waals surface area (Å²) < 4.78 is 1.09. The zero-order chi connectivity index (χ0) is 13.5. The maximum absolute atomic E-state index is 10.6. The number of hydrogen-bond acceptors (Lipinski definition) is 2. The number of rotatable bonds is 7. The van der Waals surface area contributed by atoms with E-state index in [0.29, 0.717) is 0 Å². The van der Waals surface area contributed by atoms with Crippen LogP contribution in [0.3, 0.4) is 0 Å². The first-order chi connectivity index (χ1) is 8.47. The molecule has 1 aromatic rings. The van der Waals surface area contributed by atoms with Crippen LogP contribution in [0.15, 0.2) is 28.7 Å². The summed E-state index contributed by atoms with van der Waals surface area (Å²) in [6.07, 6.45) is 1.23. The highest BCUT2D eigenvalue weighted by Crippen LogP contribution is 2.11. The van der Waals surface area contributed by atoms with Gasteiger partial charge in [-0.05, 0) is 37.1 Å². The second-order valence-corrected chi connectivity index (χ2v) is 5.76. The quantitative estimate of drug-likeness (QED) is 0.841. The van der Waals surface area contributed by atoms with E-state index in [1.807, 2.05) is 26.1 Å². The Balaban J connectivity index is 2.30. The topological polar surface area (TPSA) is 40.5 Å². The lowest BCUT2D eigenvalue weighted by Gasteiger charge is -2.20. The fourth-order valence-electron chi connectivity index (χ4n) is 1.96. The van der Waals surface area contributed by atoms with E-state index < -0.39 is 5.97 Å². The van der Waals surface area contributed by atoms with Crippen LogP contribution in [0.1, 0.15) is 18.9 Å². The molecule has 1 aromatic carbocycles. The zero-order valence-corrected chi connectivity index (χ0v) is 12.5. The summed E-state index contributed by atoms with van der Waals surface area (Å²) in [5.41, 5.74) is 1.30. The molecule has 0 aromatic heterocycles. The smallest absolute Gasteiger partial charge is 0.303 e. The molecule has 0 fully saturated rings. The van der Waals surface area contributed by atoms with Crippen molar-refractivity contribution in [3.8, 4) is 0 Å². The summed E-state index contributed by atoms with van der Waals surface area (Å²) in [5, 5.41) is 8.71. The third-order valence-corrected chi connectivity index (χ3v) is 3.37. The van der Waals surface area contributed by atoms with Crippen molar-refractivity contribution in [3.05, 3.63) is 34.3 Å². The standard InChI is InChI=1S/C14H20BrNO2/c1-11(9-14(17)18)10-16(2)8-7-12-3-5-13(15)6-4-12/h3-6,11H,7-10H2,1-2H3,(H,17,18). The summed E-state index contributed by atoms with van der Waals surface area (Å²) in [4.78, 5) is 12.8. The van der Waals surface area contributed by atoms with Gasteiger partial charge < -0.3 is 10.0 Å². The number of benzene rings is 1. The summed E-state index contributed by atoms with van der Waals surface area (Å²) >= 11 is 3.42. The van der Waals surface area contributed by atoms with Crippen LogP contribution in [-0.2, 0) is 11.2 Å². The fourth-order valence-corrected chi connectivity index (χ4v) is 2.22. The third-order valence-electron chi connectivity index (χ3n) is 2.84. The molecule has 100 valence electrons. The van der Waals surface area contributed by atoms with Crippen molar-refractivity contribution in [2.75, 3.05) is 20.1 Å². The zero-order valence-electron chi connectivity index (χ0n) is 10.9. The predicted octanol–water partition coefficient (Wildman–Crippen LogP) is 3.03. The van der Waals surface area contributed by atoms with E-state index >= 15 is 0 Å². The van der Waals surface area contributed by atoms with Crippen molar-refractivity contribution < 1.29 is 9.90 Å². The minimum Gasteiger partial charge on any atom is -0.481 e. The number of carboxylic acid groups (broad SMARTS) is 1. The summed E-state index contributed by atoms with van der Waals surface area (Å²) in [7, 11) is 2.04. The van der Waals surface area contributed by atoms with E-state index in [0.717, 1.165) is 24.0 Å². The van der Waals surface area contributed by atoms with Gasteiger partial charge in [-0.15, -0.1) is 0 Å². The van der Waals surface area contributed by atoms with Crippen molar-refractivity contribution in [1.29, 1.82) is 0 Å². The highest BCUT2D eigenvalue weighted by Gasteiger charge is 2.10. The van der Waals surface area contributed by atoms with Gasteiger partial charge in [0, 0.05) is 24.0 Å². The molecule has 18 heavy (non-hydrogen) atoms. The summed E-state index contributed by atoms with van der Waals surface area (Å²) in [6, 6.07) is 8.31. The van der Waals surface area contributed by atoms with Crippen LogP contribution in [0.25, 0.3) is 0 Å². The molecule has 0 bridgehead atoms. The Morgan fingerprint density at radius 3 is 2.56 bits per heavy atom. The van der Waals surface area contributed by atoms with Crippen LogP contribution in [0.4, 0.5) is 0 Å². The molecule has 1 atom stereocenters. The first-order valence-corrected chi connectivity index (χ1v) is 6.91. The second-order valence-electron chi connectivity index (χ2n) is 4.84. The first kappa shape index (κ1) is 15.2. The lowest BCUT2D eigenvalue weighted by molar-refractivity contribution is -0.138. The van der Waals surface area contributed by atoms with Gasteiger partial charge in [0.05, 0.1) is 0 Å². The Hall–Kier alpha value is -0.870. The molecule has 1 rings (SSSR count). The molecule has 0 heterocycles. The van der Waals surface area contributed by atoms with Gasteiger partial charge in [-0.1, -0.05) is 35.0 Å². The van der Waals surface area contributed by atoms with Crippen molar-refractivity contribution in [2.24, 2.45) is 5.92 Å². The highest BCUT2D eigenvalue weighted by molar-refractivity contribution is 9.10. The van der Waals surface area contributed by atoms with Gasteiger partial charge in [0.1, 0.15) is 0 Å². The van der Waals surface area contributed by atoms with Crippen molar-refractivity contribution in [2.45, 2.75) is 19.8 Å². The Kier molecular flexibility index (Phi) is 6.36. The van der Waals surface area contributed by atoms with Crippen LogP contribution in [0.5, 0.6) is 0 Å². The molecule has 0 saturated heterocycles. The SMILES string of the molecule is CC(CC(=O)O)CN(C)CCc1ccc(Br)cc1. The van der Waals surface area contributed by atoms with Crippen molar-refractivity contribution >= 4 is 21.9 Å². The van der Waals surface area contributed by atoms with Crippen LogP contribution < -0.4 is 0 Å². The van der Waals surface area contributed by atoms with Gasteiger partial charge >= 0.3 is 5.97 Å². The van der Waals surface area contributed by atoms with Gasteiger partial charge in [0.2, 0.25) is 0 Å². The molecule has 0 aliphatic rings. The van der Waals surface area contributed by atoms with Crippen LogP contribution >= 0.6 is 15.9 Å². The van der Waals surface area contributed by atoms with Crippen LogP contribution in [0, 0.1) is 5.92 Å². The largest absolute Gasteiger partial charge is 0.481 e. The molecular formula is C14H20BrNO2. The van der Waals surface area contributed by atoms with E-state index in [9.17, 15) is 4.79 Å². The molecule has 0 aliphatic heterocycles. The number of carboxylic acids is 1. The maximum Gasteiger partial charge on any atom is 0.303 e. The normalized spacial score (nSPS) is 12.7. The highest BCUT2D eigenvalue weighted by atomic mass is 79.9. The third kappa shape index (κ3) is 6.17. The Labute approximate surface area is 117 Å². The Morgan fingerprint density at radius 2 is 2.00 bits per heavy atom. The number of aliphatic carboxylic acids is 1. The summed E-state index contributed by atoms with van der Waals surface area (Å²) in [6.45, 7) is 3.75. The van der Waals surface area contributed by atoms with Crippen LogP contribution in [-0.4, -0.2) is 36.1 Å². The maximum atomic E-state index is 10.6. The molecule has 0 radical (unpaired) electrons. The predicted molar refractivity (Wildman–Crippen MR) is 76.8 cm³/mol. The number of likely N-dealkylation sites (N-methyl/N-ethyl adjacent to an activating group) is 1. The lowest BCUT2D eigenvalue weighted by atomic mass is 10.1. The molecule has 3 nitrogen and oxygen atoms in total. The molecule has 1 unspecified atom stereocenters. The Morgan fingerprint density at radius 1 is 1.39 bits per heavy atom. The lowest BCUT2D eigenvalue weighted by Crippen LogP contribution is -2.27. The average molecular weight is 314 g/mol. The number of carbonyl (C=O) groups is 1. The van der Waals surface area contributed by atoms with E-state index in [-0.39, 0.29) is 12.3 Å². The first-order valence-electron chi connectivity index (χ1n) is 6.12. The number of halogens is 1. The molecule has 0 saturated carbocycles. The molecule has 4 heteroatoms. The number of hydrogen-bond donors (Lipinski definition) is 1. The van der Waals surface area contributed by atoms with Gasteiger partial charge in [0.25, 0.3) is 0 Å². The van der Waals surface area contributed by atoms with Gasteiger partial charge in [-0.3, -0.25) is 4.79 Å². The van der Waals surface area contributed by atoms with Crippen molar-refractivity contribution in [3.63, 3.8) is 0 Å². The monoisotopic (exact) mass is 313 g/mol. The van der Waals surface area contributed by atoms with E-state index in [1.165, 1.54) is 5.56 Å². The van der Waals surface area contributed by atoms with E-state index in [2.05, 4.69) is 33.0 Å². The second kappa shape index (κ2) is 7.54. The number of nitrogens with zero attached hydrogens (tertiary/aromatic N) is 1. The fraction of sp³-hybridized carbons (Fsp3) is 0.500. The molecule has 0 spiro atoms. The van der Waals surface area contributed by atoms with Crippen molar-refractivity contribution in [1.82, 2.24) is 4.90 Å². The minimum absolute atomic E-state index is 0.192. The summed E-state index contributed by atoms with van der Waals surface area (Å²) in [5.74, 6) is -0.527. The Bertz CT molecular complexity index is 378. The molecule has 0 amide bonds.